The lowest BCUT2D eigenvalue weighted by Crippen LogP contribution is -2.39. The molecule has 0 spiro atoms. The molecule has 3 heterocycles. The molecule has 150 valence electrons. The molecule has 0 radical (unpaired) electrons. The first-order chi connectivity index (χ1) is 14.0. The fourth-order valence-corrected chi connectivity index (χ4v) is 4.66. The summed E-state index contributed by atoms with van der Waals surface area (Å²) < 4.78 is 6.91. The lowest BCUT2D eigenvalue weighted by Gasteiger charge is -2.13. The Morgan fingerprint density at radius 2 is 1.76 bits per heavy atom. The van der Waals surface area contributed by atoms with Crippen molar-refractivity contribution in [3.63, 3.8) is 0 Å². The fourth-order valence-electron chi connectivity index (χ4n) is 4.66. The maximum Gasteiger partial charge on any atom is 0.332 e. The summed E-state index contributed by atoms with van der Waals surface area (Å²) in [6, 6.07) is 8.31. The minimum Gasteiger partial charge on any atom is -0.311 e. The first-order valence-electron chi connectivity index (χ1n) is 10.2. The van der Waals surface area contributed by atoms with E-state index in [0.29, 0.717) is 17.2 Å². The van der Waals surface area contributed by atoms with Crippen LogP contribution in [0.15, 0.2) is 40.1 Å². The smallest absolute Gasteiger partial charge is 0.311 e. The maximum absolute atomic E-state index is 13.4. The summed E-state index contributed by atoms with van der Waals surface area (Å²) in [5.74, 6) is 0.754. The van der Waals surface area contributed by atoms with E-state index in [1.165, 1.54) is 22.0 Å². The van der Waals surface area contributed by atoms with Gasteiger partial charge in [-0.05, 0) is 32.3 Å². The van der Waals surface area contributed by atoms with Crippen molar-refractivity contribution in [3.8, 4) is 0 Å². The quantitative estimate of drug-likeness (QED) is 0.539. The highest BCUT2D eigenvalue weighted by Crippen LogP contribution is 2.33. The van der Waals surface area contributed by atoms with Gasteiger partial charge in [0.2, 0.25) is 5.78 Å². The third kappa shape index (κ3) is 2.68. The number of rotatable bonds is 3. The molecule has 1 aromatic carbocycles. The van der Waals surface area contributed by atoms with Crippen LogP contribution in [0.2, 0.25) is 0 Å². The van der Waals surface area contributed by atoms with Gasteiger partial charge < -0.3 is 4.57 Å². The molecule has 3 aromatic heterocycles. The molecular formula is C22H25N5O2. The number of aryl methyl sites for hydroxylation is 3. The Balaban J connectivity index is 1.75. The van der Waals surface area contributed by atoms with Crippen LogP contribution < -0.4 is 11.2 Å². The summed E-state index contributed by atoms with van der Waals surface area (Å²) >= 11 is 0. The zero-order chi connectivity index (χ0) is 20.3. The largest absolute Gasteiger partial charge is 0.332 e. The molecule has 0 bridgehead atoms. The van der Waals surface area contributed by atoms with Crippen molar-refractivity contribution in [1.29, 1.82) is 0 Å². The van der Waals surface area contributed by atoms with Gasteiger partial charge >= 0.3 is 5.69 Å². The van der Waals surface area contributed by atoms with Crippen molar-refractivity contribution in [3.05, 3.63) is 68.1 Å². The Morgan fingerprint density at radius 1 is 1.07 bits per heavy atom. The van der Waals surface area contributed by atoms with Crippen molar-refractivity contribution in [2.24, 2.45) is 7.05 Å². The van der Waals surface area contributed by atoms with E-state index in [2.05, 4.69) is 11.5 Å². The lowest BCUT2D eigenvalue weighted by atomic mass is 10.1. The molecule has 1 fully saturated rings. The van der Waals surface area contributed by atoms with Crippen LogP contribution >= 0.6 is 0 Å². The molecule has 0 N–H and O–H groups in total. The van der Waals surface area contributed by atoms with E-state index in [-0.39, 0.29) is 17.8 Å². The minimum atomic E-state index is -0.340. The zero-order valence-electron chi connectivity index (χ0n) is 17.1. The predicted molar refractivity (Wildman–Crippen MR) is 113 cm³/mol. The Morgan fingerprint density at radius 3 is 2.45 bits per heavy atom. The van der Waals surface area contributed by atoms with Gasteiger partial charge in [-0.15, -0.1) is 0 Å². The second-order valence-electron chi connectivity index (χ2n) is 8.25. The lowest BCUT2D eigenvalue weighted by molar-refractivity contribution is 0.520. The third-order valence-electron chi connectivity index (χ3n) is 6.22. The van der Waals surface area contributed by atoms with E-state index < -0.39 is 0 Å². The van der Waals surface area contributed by atoms with Gasteiger partial charge in [0.15, 0.2) is 11.2 Å². The van der Waals surface area contributed by atoms with E-state index in [0.717, 1.165) is 35.4 Å². The van der Waals surface area contributed by atoms with E-state index >= 15 is 0 Å². The van der Waals surface area contributed by atoms with Crippen molar-refractivity contribution in [1.82, 2.24) is 23.1 Å². The number of hydrogen-bond donors (Lipinski definition) is 0. The monoisotopic (exact) mass is 391 g/mol. The molecule has 7 heteroatoms. The Bertz CT molecular complexity index is 1340. The number of aromatic nitrogens is 5. The van der Waals surface area contributed by atoms with Crippen LogP contribution in [-0.2, 0) is 13.6 Å². The van der Waals surface area contributed by atoms with Crippen molar-refractivity contribution >= 4 is 16.9 Å². The van der Waals surface area contributed by atoms with Gasteiger partial charge in [-0.25, -0.2) is 4.79 Å². The molecule has 7 nitrogen and oxygen atoms in total. The second-order valence-corrected chi connectivity index (χ2v) is 8.25. The molecule has 0 amide bonds. The highest BCUT2D eigenvalue weighted by molar-refractivity contribution is 5.75. The van der Waals surface area contributed by atoms with Gasteiger partial charge in [0.05, 0.1) is 6.54 Å². The average Bonchev–Trinajstić information content (AvgIpc) is 3.40. The second kappa shape index (κ2) is 6.47. The summed E-state index contributed by atoms with van der Waals surface area (Å²) in [6.45, 7) is 4.32. The number of nitrogens with zero attached hydrogens (tertiary/aromatic N) is 5. The molecule has 0 atom stereocenters. The maximum atomic E-state index is 13.4. The Kier molecular flexibility index (Phi) is 4.01. The minimum absolute atomic E-state index is 0.247. The SMILES string of the molecule is Cc1ccc(Cn2c(=O)c3c(nc4n(C5CCCC5)c(C)cn34)n(C)c2=O)cc1. The van der Waals surface area contributed by atoms with Crippen LogP contribution in [0.3, 0.4) is 0 Å². The molecule has 0 unspecified atom stereocenters. The van der Waals surface area contributed by atoms with Gasteiger partial charge in [-0.2, -0.15) is 4.98 Å². The normalized spacial score (nSPS) is 15.1. The van der Waals surface area contributed by atoms with Crippen LogP contribution in [0.4, 0.5) is 0 Å². The number of hydrogen-bond acceptors (Lipinski definition) is 3. The van der Waals surface area contributed by atoms with E-state index in [1.54, 1.807) is 7.05 Å². The summed E-state index contributed by atoms with van der Waals surface area (Å²) in [5, 5.41) is 0. The van der Waals surface area contributed by atoms with Crippen molar-refractivity contribution < 1.29 is 0 Å². The molecule has 5 rings (SSSR count). The van der Waals surface area contributed by atoms with Crippen LogP contribution in [0.5, 0.6) is 0 Å². The molecule has 1 saturated carbocycles. The van der Waals surface area contributed by atoms with Gasteiger partial charge in [-0.1, -0.05) is 42.7 Å². The summed E-state index contributed by atoms with van der Waals surface area (Å²) in [4.78, 5) is 31.1. The van der Waals surface area contributed by atoms with E-state index in [4.69, 9.17) is 4.98 Å². The van der Waals surface area contributed by atoms with E-state index in [9.17, 15) is 9.59 Å². The highest BCUT2D eigenvalue weighted by atomic mass is 16.2. The first-order valence-corrected chi connectivity index (χ1v) is 10.2. The van der Waals surface area contributed by atoms with Gasteiger partial charge in [0, 0.05) is 25.0 Å². The van der Waals surface area contributed by atoms with E-state index in [1.807, 2.05) is 41.8 Å². The number of imidazole rings is 2. The molecular weight excluding hydrogens is 366 g/mol. The molecule has 0 aliphatic heterocycles. The molecule has 1 aliphatic rings. The van der Waals surface area contributed by atoms with Crippen LogP contribution in [-0.4, -0.2) is 23.1 Å². The standard InChI is InChI=1S/C22H25N5O2/c1-14-8-10-16(11-9-14)13-26-20(28)18-19(24(3)22(26)29)23-21-25(18)12-15(2)27(21)17-6-4-5-7-17/h8-12,17H,4-7,13H2,1-3H3. The van der Waals surface area contributed by atoms with Crippen LogP contribution in [0, 0.1) is 13.8 Å². The Hall–Kier alpha value is -3.09. The third-order valence-corrected chi connectivity index (χ3v) is 6.22. The molecule has 1 aliphatic carbocycles. The van der Waals surface area contributed by atoms with Crippen LogP contribution in [0.1, 0.15) is 48.5 Å². The summed E-state index contributed by atoms with van der Waals surface area (Å²) in [6.07, 6.45) is 6.67. The predicted octanol–water partition coefficient (Wildman–Crippen LogP) is 2.93. The number of fused-ring (bicyclic) bond motifs is 3. The molecule has 0 saturated heterocycles. The van der Waals surface area contributed by atoms with Gasteiger partial charge in [0.1, 0.15) is 0 Å². The molecule has 29 heavy (non-hydrogen) atoms. The first kappa shape index (κ1) is 18.0. The fraction of sp³-hybridized carbons (Fsp3) is 0.409. The molecule has 4 aromatic rings. The highest BCUT2D eigenvalue weighted by Gasteiger charge is 2.25. The van der Waals surface area contributed by atoms with Gasteiger partial charge in [-0.3, -0.25) is 18.3 Å². The van der Waals surface area contributed by atoms with Crippen molar-refractivity contribution in [2.45, 2.75) is 52.1 Å². The Labute approximate surface area is 167 Å². The van der Waals surface area contributed by atoms with Gasteiger partial charge in [0.25, 0.3) is 5.56 Å². The summed E-state index contributed by atoms with van der Waals surface area (Å²) in [5.41, 5.74) is 3.45. The van der Waals surface area contributed by atoms with Crippen molar-refractivity contribution in [2.75, 3.05) is 0 Å². The zero-order valence-corrected chi connectivity index (χ0v) is 17.1. The topological polar surface area (TPSA) is 66.2 Å². The summed E-state index contributed by atoms with van der Waals surface area (Å²) in [7, 11) is 1.69. The number of benzene rings is 1. The van der Waals surface area contributed by atoms with Crippen LogP contribution in [0.25, 0.3) is 16.9 Å². The average molecular weight is 391 g/mol.